The highest BCUT2D eigenvalue weighted by molar-refractivity contribution is 7.84. The van der Waals surface area contributed by atoms with Crippen LogP contribution in [0.2, 0.25) is 0 Å². The number of nitrogens with one attached hydrogen (secondary N) is 1. The third-order valence-electron chi connectivity index (χ3n) is 5.99. The molecule has 2 aliphatic rings. The predicted molar refractivity (Wildman–Crippen MR) is 99.8 cm³/mol. The van der Waals surface area contributed by atoms with Crippen molar-refractivity contribution in [3.05, 3.63) is 35.4 Å². The Hall–Kier alpha value is -1.40. The lowest BCUT2D eigenvalue weighted by Crippen LogP contribution is -2.58. The lowest BCUT2D eigenvalue weighted by atomic mass is 9.65. The van der Waals surface area contributed by atoms with Gasteiger partial charge in [0.1, 0.15) is 0 Å². The van der Waals surface area contributed by atoms with Crippen LogP contribution in [0, 0.1) is 5.41 Å². The van der Waals surface area contributed by atoms with Crippen LogP contribution in [0.5, 0.6) is 0 Å². The standard InChI is InChI=1S/C19H28N2O3S/c1-17(2,3)25(24)20-18(4)15-8-6-5-7-14(15)13-19(18)9-11-21(12-10-19)16(22)23/h5-8,20H,9-13H2,1-4H3,(H,22,23)/t18-,25?/m0/s1. The third kappa shape index (κ3) is 2.99. The highest BCUT2D eigenvalue weighted by Crippen LogP contribution is 2.56. The monoisotopic (exact) mass is 364 g/mol. The summed E-state index contributed by atoms with van der Waals surface area (Å²) in [5.41, 5.74) is 1.96. The number of rotatable bonds is 2. The highest BCUT2D eigenvalue weighted by atomic mass is 32.2. The van der Waals surface area contributed by atoms with Crippen molar-refractivity contribution in [1.29, 1.82) is 0 Å². The summed E-state index contributed by atoms with van der Waals surface area (Å²) in [5.74, 6) is 0. The van der Waals surface area contributed by atoms with Gasteiger partial charge in [0, 0.05) is 18.5 Å². The van der Waals surface area contributed by atoms with Gasteiger partial charge in [-0.05, 0) is 58.1 Å². The van der Waals surface area contributed by atoms with Gasteiger partial charge < -0.3 is 10.0 Å². The normalized spacial score (nSPS) is 26.5. The van der Waals surface area contributed by atoms with E-state index in [0.717, 1.165) is 19.3 Å². The second-order valence-corrected chi connectivity index (χ2v) is 10.5. The highest BCUT2D eigenvalue weighted by Gasteiger charge is 2.56. The first-order chi connectivity index (χ1) is 11.6. The lowest BCUT2D eigenvalue weighted by molar-refractivity contribution is 0.0408. The first-order valence-electron chi connectivity index (χ1n) is 8.85. The van der Waals surface area contributed by atoms with Gasteiger partial charge in [-0.3, -0.25) is 0 Å². The van der Waals surface area contributed by atoms with Gasteiger partial charge in [-0.1, -0.05) is 24.3 Å². The molecule has 1 saturated heterocycles. The van der Waals surface area contributed by atoms with Crippen LogP contribution >= 0.6 is 0 Å². The van der Waals surface area contributed by atoms with Crippen molar-refractivity contribution < 1.29 is 14.1 Å². The molecule has 1 unspecified atom stereocenters. The van der Waals surface area contributed by atoms with Gasteiger partial charge in [0.25, 0.3) is 0 Å². The van der Waals surface area contributed by atoms with E-state index in [2.05, 4.69) is 23.8 Å². The van der Waals surface area contributed by atoms with E-state index in [0.29, 0.717) is 13.1 Å². The molecular weight excluding hydrogens is 336 g/mol. The molecule has 25 heavy (non-hydrogen) atoms. The Morgan fingerprint density at radius 3 is 2.40 bits per heavy atom. The molecule has 2 N–H and O–H groups in total. The molecule has 0 aromatic heterocycles. The molecule has 1 amide bonds. The molecule has 1 fully saturated rings. The van der Waals surface area contributed by atoms with Crippen molar-refractivity contribution in [3.63, 3.8) is 0 Å². The second kappa shape index (κ2) is 6.09. The summed E-state index contributed by atoms with van der Waals surface area (Å²) >= 11 is 0. The van der Waals surface area contributed by atoms with Gasteiger partial charge >= 0.3 is 6.09 Å². The third-order valence-corrected chi connectivity index (χ3v) is 7.70. The van der Waals surface area contributed by atoms with E-state index in [4.69, 9.17) is 0 Å². The number of hydrogen-bond acceptors (Lipinski definition) is 2. The van der Waals surface area contributed by atoms with Crippen LogP contribution in [0.15, 0.2) is 24.3 Å². The molecule has 0 radical (unpaired) electrons. The molecule has 1 aromatic rings. The van der Waals surface area contributed by atoms with Gasteiger partial charge in [0.05, 0.1) is 21.3 Å². The number of hydrogen-bond donors (Lipinski definition) is 2. The van der Waals surface area contributed by atoms with Crippen molar-refractivity contribution in [2.75, 3.05) is 13.1 Å². The molecule has 1 heterocycles. The molecule has 1 aromatic carbocycles. The molecule has 5 nitrogen and oxygen atoms in total. The molecule has 2 atom stereocenters. The average molecular weight is 365 g/mol. The van der Waals surface area contributed by atoms with Crippen molar-refractivity contribution >= 4 is 17.1 Å². The maximum Gasteiger partial charge on any atom is 0.407 e. The number of amides is 1. The average Bonchev–Trinajstić information content (AvgIpc) is 2.76. The van der Waals surface area contributed by atoms with Crippen molar-refractivity contribution in [3.8, 4) is 0 Å². The van der Waals surface area contributed by atoms with E-state index in [-0.39, 0.29) is 10.2 Å². The van der Waals surface area contributed by atoms with E-state index in [1.54, 1.807) is 0 Å². The number of piperidine rings is 1. The fourth-order valence-corrected chi connectivity index (χ4v) is 5.30. The van der Waals surface area contributed by atoms with Gasteiger partial charge in [-0.15, -0.1) is 0 Å². The summed E-state index contributed by atoms with van der Waals surface area (Å²) in [6.45, 7) is 9.13. The number of carboxylic acid groups (broad SMARTS) is 1. The van der Waals surface area contributed by atoms with Crippen LogP contribution in [0.4, 0.5) is 4.79 Å². The SMILES string of the molecule is CC(C)(C)S(=O)N[C@@]1(C)c2ccccc2CC12CCN(C(=O)O)CC2. The summed E-state index contributed by atoms with van der Waals surface area (Å²) in [5, 5.41) is 9.29. The van der Waals surface area contributed by atoms with E-state index in [9.17, 15) is 14.1 Å². The molecule has 1 aliphatic heterocycles. The Morgan fingerprint density at radius 1 is 1.24 bits per heavy atom. The zero-order valence-corrected chi connectivity index (χ0v) is 16.3. The van der Waals surface area contributed by atoms with Gasteiger partial charge in [-0.2, -0.15) is 0 Å². The first-order valence-corrected chi connectivity index (χ1v) is 10.0. The minimum Gasteiger partial charge on any atom is -0.465 e. The Labute approximate surface area is 152 Å². The Bertz CT molecular complexity index is 705. The van der Waals surface area contributed by atoms with Crippen molar-refractivity contribution in [2.24, 2.45) is 5.41 Å². The zero-order valence-electron chi connectivity index (χ0n) is 15.5. The number of benzene rings is 1. The van der Waals surface area contributed by atoms with E-state index >= 15 is 0 Å². The summed E-state index contributed by atoms with van der Waals surface area (Å²) in [6, 6.07) is 8.35. The van der Waals surface area contributed by atoms with Crippen LogP contribution in [0.1, 0.15) is 51.7 Å². The second-order valence-electron chi connectivity index (χ2n) is 8.49. The first kappa shape index (κ1) is 18.4. The predicted octanol–water partition coefficient (Wildman–Crippen LogP) is 3.27. The maximum atomic E-state index is 12.9. The van der Waals surface area contributed by atoms with Crippen LogP contribution in [0.25, 0.3) is 0 Å². The van der Waals surface area contributed by atoms with Crippen LogP contribution in [-0.4, -0.2) is 38.1 Å². The lowest BCUT2D eigenvalue weighted by Gasteiger charge is -2.49. The van der Waals surface area contributed by atoms with E-state index in [1.807, 2.05) is 32.9 Å². The maximum absolute atomic E-state index is 12.9. The minimum atomic E-state index is -1.20. The van der Waals surface area contributed by atoms with Gasteiger partial charge in [0.15, 0.2) is 0 Å². The summed E-state index contributed by atoms with van der Waals surface area (Å²) < 4.78 is 16.0. The summed E-state index contributed by atoms with van der Waals surface area (Å²) in [4.78, 5) is 12.8. The molecule has 0 bridgehead atoms. The number of carbonyl (C=O) groups is 1. The fraction of sp³-hybridized carbons (Fsp3) is 0.632. The quantitative estimate of drug-likeness (QED) is 0.846. The molecule has 138 valence electrons. The summed E-state index contributed by atoms with van der Waals surface area (Å²) in [6.07, 6.45) is 1.61. The molecule has 1 aliphatic carbocycles. The molecule has 0 saturated carbocycles. The Morgan fingerprint density at radius 2 is 1.84 bits per heavy atom. The largest absolute Gasteiger partial charge is 0.465 e. The van der Waals surface area contributed by atoms with Crippen LogP contribution in [-0.2, 0) is 22.9 Å². The Balaban J connectivity index is 1.98. The summed E-state index contributed by atoms with van der Waals surface area (Å²) in [7, 11) is -1.20. The van der Waals surface area contributed by atoms with Crippen LogP contribution < -0.4 is 4.72 Å². The number of likely N-dealkylation sites (tertiary alicyclic amines) is 1. The number of fused-ring (bicyclic) bond motifs is 1. The zero-order chi connectivity index (χ0) is 18.5. The van der Waals surface area contributed by atoms with Gasteiger partial charge in [0.2, 0.25) is 0 Å². The number of nitrogens with zero attached hydrogens (tertiary/aromatic N) is 1. The minimum absolute atomic E-state index is 0.108. The molecule has 3 rings (SSSR count). The topological polar surface area (TPSA) is 69.6 Å². The molecule has 6 heteroatoms. The molecule has 1 spiro atoms. The van der Waals surface area contributed by atoms with Crippen molar-refractivity contribution in [1.82, 2.24) is 9.62 Å². The van der Waals surface area contributed by atoms with Crippen LogP contribution in [0.3, 0.4) is 0 Å². The van der Waals surface area contributed by atoms with Gasteiger partial charge in [-0.25, -0.2) is 13.7 Å². The fourth-order valence-electron chi connectivity index (χ4n) is 4.29. The van der Waals surface area contributed by atoms with E-state index in [1.165, 1.54) is 16.0 Å². The van der Waals surface area contributed by atoms with E-state index < -0.39 is 22.6 Å². The molecular formula is C19H28N2O3S. The van der Waals surface area contributed by atoms with Crippen molar-refractivity contribution in [2.45, 2.75) is 57.2 Å². The smallest absolute Gasteiger partial charge is 0.407 e. The Kier molecular flexibility index (Phi) is 4.48.